The van der Waals surface area contributed by atoms with E-state index in [9.17, 15) is 0 Å². The molecule has 0 saturated carbocycles. The van der Waals surface area contributed by atoms with Crippen molar-refractivity contribution in [2.24, 2.45) is 0 Å². The van der Waals surface area contributed by atoms with Gasteiger partial charge in [0.1, 0.15) is 11.4 Å². The van der Waals surface area contributed by atoms with Gasteiger partial charge in [-0.05, 0) is 159 Å². The molecule has 0 fully saturated rings. The number of aromatic nitrogens is 12. The van der Waals surface area contributed by atoms with E-state index in [0.29, 0.717) is 0 Å². The van der Waals surface area contributed by atoms with Crippen LogP contribution in [0.1, 0.15) is 204 Å². The van der Waals surface area contributed by atoms with Gasteiger partial charge in [0.05, 0.1) is 22.8 Å². The normalized spacial score (nSPS) is 17.4. The molecular formula is C64H82N12Pt. The predicted octanol–water partition coefficient (Wildman–Crippen LogP) is 14.2. The van der Waals surface area contributed by atoms with Gasteiger partial charge in [-0.3, -0.25) is 25.1 Å². The van der Waals surface area contributed by atoms with Gasteiger partial charge < -0.3 is 20.4 Å². The fraction of sp³-hybridized carbons (Fsp3) is 0.500. The summed E-state index contributed by atoms with van der Waals surface area (Å²) in [6.07, 6.45) is 21.0. The third kappa shape index (κ3) is 12.4. The van der Waals surface area contributed by atoms with Gasteiger partial charge in [0.15, 0.2) is 0 Å². The Morgan fingerprint density at radius 2 is 0.753 bits per heavy atom. The van der Waals surface area contributed by atoms with Crippen LogP contribution in [0.2, 0.25) is 0 Å². The number of rotatable bonds is 4. The first-order chi connectivity index (χ1) is 35.9. The van der Waals surface area contributed by atoms with Crippen LogP contribution in [0.25, 0.3) is 45.6 Å². The minimum Gasteiger partial charge on any atom is -0.573 e. The summed E-state index contributed by atoms with van der Waals surface area (Å²) in [5, 5.41) is 34.2. The van der Waals surface area contributed by atoms with Crippen molar-refractivity contribution in [2.45, 2.75) is 206 Å². The zero-order valence-electron chi connectivity index (χ0n) is 48.4. The molecule has 12 rings (SSSR count). The molecule has 0 bridgehead atoms. The standard InChI is InChI=1S/C23H29N5.C23H27N5.2C9H13N.Pt/c2*1-22(2)12-6-8-14-18(25-27-20(14)22)16-10-5-11-17(24-16)19-15-9-7-13-23(3,4)21(15)28-26-19;2*1-9(2,3)8-4-6-10-7-5-8;/h5,10-11H,6-9,12-13H2,1-4H3,(H,25,27)(H,26,28);5,10-11H,6-9,12-13H2,1-4H3;2*4-7H,1-3H3;/q;-2;;;+2. The Labute approximate surface area is 472 Å². The second kappa shape index (κ2) is 22.5. The van der Waals surface area contributed by atoms with Gasteiger partial charge in [-0.25, -0.2) is 4.98 Å². The predicted molar refractivity (Wildman–Crippen MR) is 306 cm³/mol. The molecule has 2 N–H and O–H groups in total. The van der Waals surface area contributed by atoms with Crippen LogP contribution < -0.4 is 10.2 Å². The molecule has 0 spiro atoms. The molecule has 8 aromatic rings. The summed E-state index contributed by atoms with van der Waals surface area (Å²) in [5.41, 5.74) is 21.3. The summed E-state index contributed by atoms with van der Waals surface area (Å²) < 4.78 is 0. The molecule has 0 unspecified atom stereocenters. The van der Waals surface area contributed by atoms with Crippen LogP contribution in [0, 0.1) is 0 Å². The zero-order chi connectivity index (χ0) is 54.3. The minimum absolute atomic E-state index is 0. The molecule has 0 aliphatic heterocycles. The first kappa shape index (κ1) is 57.3. The van der Waals surface area contributed by atoms with Gasteiger partial charge in [0, 0.05) is 80.3 Å². The number of nitrogens with zero attached hydrogens (tertiary/aromatic N) is 10. The molecule has 8 aromatic heterocycles. The van der Waals surface area contributed by atoms with Gasteiger partial charge in [-0.2, -0.15) is 10.2 Å². The summed E-state index contributed by atoms with van der Waals surface area (Å²) in [7, 11) is 0. The molecule has 0 aromatic carbocycles. The number of nitrogens with one attached hydrogen (secondary N) is 2. The molecule has 13 heteroatoms. The van der Waals surface area contributed by atoms with Crippen molar-refractivity contribution < 1.29 is 21.1 Å². The second-order valence-corrected chi connectivity index (χ2v) is 26.3. The molecule has 8 heterocycles. The Bertz CT molecular complexity index is 2870. The van der Waals surface area contributed by atoms with Crippen molar-refractivity contribution in [3.05, 3.63) is 142 Å². The van der Waals surface area contributed by atoms with Gasteiger partial charge in [-0.15, -0.1) is 0 Å². The minimum atomic E-state index is 0. The second-order valence-electron chi connectivity index (χ2n) is 26.3. The van der Waals surface area contributed by atoms with Gasteiger partial charge in [0.2, 0.25) is 0 Å². The van der Waals surface area contributed by atoms with E-state index in [-0.39, 0.29) is 53.6 Å². The quantitative estimate of drug-likeness (QED) is 0.173. The monoisotopic (exact) mass is 1210 g/mol. The smallest absolute Gasteiger partial charge is 0.573 e. The van der Waals surface area contributed by atoms with Gasteiger partial charge in [-0.1, -0.05) is 120 Å². The molecule has 0 atom stereocenters. The number of aromatic amines is 2. The fourth-order valence-electron chi connectivity index (χ4n) is 11.8. The molecule has 4 aliphatic carbocycles. The summed E-state index contributed by atoms with van der Waals surface area (Å²) >= 11 is 0. The number of H-pyrrole nitrogens is 2. The van der Waals surface area contributed by atoms with Gasteiger partial charge >= 0.3 is 21.1 Å². The number of hydrogen-bond donors (Lipinski definition) is 2. The third-order valence-electron chi connectivity index (χ3n) is 16.5. The maximum atomic E-state index is 5.00. The number of fused-ring (bicyclic) bond motifs is 4. The van der Waals surface area contributed by atoms with E-state index in [1.54, 1.807) is 0 Å². The summed E-state index contributed by atoms with van der Waals surface area (Å²) in [4.78, 5) is 17.9. The van der Waals surface area contributed by atoms with Crippen molar-refractivity contribution in [3.8, 4) is 45.6 Å². The first-order valence-electron chi connectivity index (χ1n) is 27.9. The van der Waals surface area contributed by atoms with E-state index in [1.165, 1.54) is 83.3 Å². The summed E-state index contributed by atoms with van der Waals surface area (Å²) in [6, 6.07) is 20.6. The number of pyridine rings is 4. The van der Waals surface area contributed by atoms with E-state index in [2.05, 4.69) is 196 Å². The van der Waals surface area contributed by atoms with Crippen LogP contribution in [0.3, 0.4) is 0 Å². The molecule has 77 heavy (non-hydrogen) atoms. The zero-order valence-corrected chi connectivity index (χ0v) is 50.6. The van der Waals surface area contributed by atoms with E-state index in [0.717, 1.165) is 95.5 Å². The Morgan fingerprint density at radius 3 is 1.10 bits per heavy atom. The topological polar surface area (TPSA) is 163 Å². The largest absolute Gasteiger partial charge is 2.00 e. The Balaban J connectivity index is 0.000000150. The first-order valence-corrected chi connectivity index (χ1v) is 27.9. The van der Waals surface area contributed by atoms with Gasteiger partial charge in [0.25, 0.3) is 0 Å². The van der Waals surface area contributed by atoms with Crippen LogP contribution in [-0.2, 0) is 79.2 Å². The van der Waals surface area contributed by atoms with Crippen LogP contribution in [0.15, 0.2) is 85.5 Å². The van der Waals surface area contributed by atoms with Crippen molar-refractivity contribution >= 4 is 0 Å². The van der Waals surface area contributed by atoms with Crippen molar-refractivity contribution in [3.63, 3.8) is 0 Å². The van der Waals surface area contributed by atoms with Crippen LogP contribution >= 0.6 is 0 Å². The van der Waals surface area contributed by atoms with E-state index < -0.39 is 0 Å². The van der Waals surface area contributed by atoms with E-state index in [4.69, 9.17) is 9.97 Å². The maximum Gasteiger partial charge on any atom is 2.00 e. The van der Waals surface area contributed by atoms with E-state index >= 15 is 0 Å². The molecule has 4 aliphatic rings. The van der Waals surface area contributed by atoms with Crippen LogP contribution in [0.4, 0.5) is 0 Å². The molecule has 0 saturated heterocycles. The Hall–Kier alpha value is -5.87. The SMILES string of the molecule is CC(C)(C)c1ccncc1.CC(C)(C)c1ccncc1.CC1(C)CCCc2c(-c3cccc(-c4n[nH]c5c4CCCC5(C)C)n3)n[nH]c21.CC1(C)CCCc2c1n[n-]c2-c1cccc(-c2[n-]nc3c2CCCC3(C)C)n1.[Pt+2]. The van der Waals surface area contributed by atoms with Crippen molar-refractivity contribution in [1.29, 1.82) is 0 Å². The van der Waals surface area contributed by atoms with Crippen molar-refractivity contribution in [1.82, 2.24) is 60.7 Å². The fourth-order valence-corrected chi connectivity index (χ4v) is 11.8. The molecule has 0 radical (unpaired) electrons. The maximum absolute atomic E-state index is 5.00. The average Bonchev–Trinajstić information content (AvgIpc) is 4.21. The summed E-state index contributed by atoms with van der Waals surface area (Å²) in [6.45, 7) is 31.4. The molecule has 408 valence electrons. The molecular weight excluding hydrogens is 1130 g/mol. The molecule has 12 nitrogen and oxygen atoms in total. The Kier molecular flexibility index (Phi) is 16.7. The Morgan fingerprint density at radius 1 is 0.429 bits per heavy atom. The van der Waals surface area contributed by atoms with Crippen LogP contribution in [-0.4, -0.2) is 50.5 Å². The number of hydrogen-bond acceptors (Lipinski definition) is 8. The third-order valence-corrected chi connectivity index (χ3v) is 16.5. The average molecular weight is 1210 g/mol. The van der Waals surface area contributed by atoms with E-state index in [1.807, 2.05) is 36.9 Å². The van der Waals surface area contributed by atoms with Crippen LogP contribution in [0.5, 0.6) is 0 Å². The summed E-state index contributed by atoms with van der Waals surface area (Å²) in [5.74, 6) is 0. The van der Waals surface area contributed by atoms with Crippen molar-refractivity contribution in [2.75, 3.05) is 0 Å². The molecule has 0 amide bonds.